The number of methoxy groups -OCH3 is 1. The topological polar surface area (TPSA) is 79.4 Å². The third kappa shape index (κ3) is 2.67. The molecule has 0 aliphatic rings. The Hall–Kier alpha value is -2.50. The molecule has 1 aromatic carbocycles. The fraction of sp³-hybridized carbons (Fsp3) is 0.231. The van der Waals surface area contributed by atoms with Gasteiger partial charge in [-0.2, -0.15) is 5.10 Å². The minimum Gasteiger partial charge on any atom is -0.497 e. The summed E-state index contributed by atoms with van der Waals surface area (Å²) in [5.74, 6) is 0.553. The summed E-state index contributed by atoms with van der Waals surface area (Å²) in [4.78, 5) is 11.6. The normalized spacial score (nSPS) is 10.2. The van der Waals surface area contributed by atoms with E-state index in [2.05, 4.69) is 5.10 Å². The zero-order valence-electron chi connectivity index (χ0n) is 10.8. The van der Waals surface area contributed by atoms with Crippen LogP contribution in [0.25, 0.3) is 5.69 Å². The van der Waals surface area contributed by atoms with Crippen molar-refractivity contribution in [3.63, 3.8) is 0 Å². The lowest BCUT2D eigenvalue weighted by atomic mass is 10.3. The Labute approximate surface area is 110 Å². The maximum Gasteiger partial charge on any atom is 0.358 e. The number of hydrogen-bond acceptors (Lipinski definition) is 5. The molecule has 0 aliphatic heterocycles. The van der Waals surface area contributed by atoms with E-state index in [0.29, 0.717) is 23.9 Å². The summed E-state index contributed by atoms with van der Waals surface area (Å²) in [6.45, 7) is 2.03. The zero-order valence-corrected chi connectivity index (χ0v) is 10.8. The van der Waals surface area contributed by atoms with Crippen molar-refractivity contribution in [1.82, 2.24) is 9.78 Å². The van der Waals surface area contributed by atoms with Crippen LogP contribution in [0.4, 0.5) is 5.82 Å². The van der Waals surface area contributed by atoms with E-state index in [1.165, 1.54) is 10.7 Å². The van der Waals surface area contributed by atoms with Crippen LogP contribution in [0.5, 0.6) is 5.75 Å². The van der Waals surface area contributed by atoms with Crippen molar-refractivity contribution in [2.24, 2.45) is 0 Å². The first-order chi connectivity index (χ1) is 9.15. The molecule has 6 nitrogen and oxygen atoms in total. The predicted molar refractivity (Wildman–Crippen MR) is 70.5 cm³/mol. The van der Waals surface area contributed by atoms with Crippen LogP contribution >= 0.6 is 0 Å². The average molecular weight is 261 g/mol. The van der Waals surface area contributed by atoms with Crippen LogP contribution in [0.3, 0.4) is 0 Å². The third-order valence-corrected chi connectivity index (χ3v) is 2.52. The number of esters is 1. The number of nitrogens with zero attached hydrogens (tertiary/aromatic N) is 2. The third-order valence-electron chi connectivity index (χ3n) is 2.52. The van der Waals surface area contributed by atoms with Crippen molar-refractivity contribution in [3.8, 4) is 11.4 Å². The summed E-state index contributed by atoms with van der Waals surface area (Å²) >= 11 is 0. The molecule has 0 radical (unpaired) electrons. The number of aromatic nitrogens is 2. The number of carbonyl (C=O) groups excluding carboxylic acids is 1. The number of ether oxygens (including phenoxy) is 2. The van der Waals surface area contributed by atoms with Crippen LogP contribution < -0.4 is 10.5 Å². The molecule has 2 N–H and O–H groups in total. The largest absolute Gasteiger partial charge is 0.497 e. The number of benzene rings is 1. The van der Waals surface area contributed by atoms with E-state index >= 15 is 0 Å². The molecular formula is C13H15N3O3. The summed E-state index contributed by atoms with van der Waals surface area (Å²) in [6, 6.07) is 8.71. The molecule has 19 heavy (non-hydrogen) atoms. The lowest BCUT2D eigenvalue weighted by Gasteiger charge is -2.05. The van der Waals surface area contributed by atoms with Gasteiger partial charge in [0.05, 0.1) is 19.4 Å². The monoisotopic (exact) mass is 261 g/mol. The number of carbonyl (C=O) groups is 1. The van der Waals surface area contributed by atoms with Gasteiger partial charge in [-0.05, 0) is 19.1 Å². The van der Waals surface area contributed by atoms with Gasteiger partial charge in [0.1, 0.15) is 11.6 Å². The Morgan fingerprint density at radius 3 is 2.89 bits per heavy atom. The molecule has 0 spiro atoms. The Morgan fingerprint density at radius 1 is 1.42 bits per heavy atom. The van der Waals surface area contributed by atoms with Crippen molar-refractivity contribution in [2.75, 3.05) is 19.5 Å². The van der Waals surface area contributed by atoms with Gasteiger partial charge >= 0.3 is 5.97 Å². The van der Waals surface area contributed by atoms with E-state index < -0.39 is 5.97 Å². The molecule has 0 unspecified atom stereocenters. The maximum atomic E-state index is 11.6. The fourth-order valence-electron chi connectivity index (χ4n) is 1.65. The summed E-state index contributed by atoms with van der Waals surface area (Å²) < 4.78 is 11.5. The Bertz CT molecular complexity index is 593. The van der Waals surface area contributed by atoms with Crippen molar-refractivity contribution in [3.05, 3.63) is 36.0 Å². The van der Waals surface area contributed by atoms with E-state index in [0.717, 1.165) is 0 Å². The quantitative estimate of drug-likeness (QED) is 0.846. The lowest BCUT2D eigenvalue weighted by Crippen LogP contribution is -2.07. The van der Waals surface area contributed by atoms with E-state index in [1.807, 2.05) is 18.2 Å². The molecular weight excluding hydrogens is 246 g/mol. The molecule has 2 aromatic rings. The van der Waals surface area contributed by atoms with E-state index in [4.69, 9.17) is 15.2 Å². The first kappa shape index (κ1) is 12.9. The van der Waals surface area contributed by atoms with Gasteiger partial charge < -0.3 is 15.2 Å². The van der Waals surface area contributed by atoms with E-state index in [-0.39, 0.29) is 5.69 Å². The maximum absolute atomic E-state index is 11.6. The summed E-state index contributed by atoms with van der Waals surface area (Å²) in [6.07, 6.45) is 0. The van der Waals surface area contributed by atoms with Gasteiger partial charge in [-0.1, -0.05) is 6.07 Å². The molecule has 0 atom stereocenters. The average Bonchev–Trinajstić information content (AvgIpc) is 2.81. The Balaban J connectivity index is 2.37. The molecule has 0 aliphatic carbocycles. The number of nitrogen functional groups attached to an aromatic ring is 1. The van der Waals surface area contributed by atoms with Crippen LogP contribution in [0, 0.1) is 0 Å². The molecule has 0 fully saturated rings. The van der Waals surface area contributed by atoms with Crippen LogP contribution in [-0.2, 0) is 4.74 Å². The summed E-state index contributed by atoms with van der Waals surface area (Å²) in [5.41, 5.74) is 6.75. The second-order valence-corrected chi connectivity index (χ2v) is 3.79. The Kier molecular flexibility index (Phi) is 3.70. The predicted octanol–water partition coefficient (Wildman–Crippen LogP) is 1.64. The molecule has 1 aromatic heterocycles. The van der Waals surface area contributed by atoms with Gasteiger partial charge in [0.15, 0.2) is 5.69 Å². The smallest absolute Gasteiger partial charge is 0.358 e. The fourth-order valence-corrected chi connectivity index (χ4v) is 1.65. The first-order valence-electron chi connectivity index (χ1n) is 5.82. The highest BCUT2D eigenvalue weighted by Crippen LogP contribution is 2.19. The van der Waals surface area contributed by atoms with Crippen LogP contribution in [0.15, 0.2) is 30.3 Å². The van der Waals surface area contributed by atoms with Gasteiger partial charge in [0.25, 0.3) is 0 Å². The summed E-state index contributed by atoms with van der Waals surface area (Å²) in [5, 5.41) is 4.14. The second kappa shape index (κ2) is 5.43. The molecule has 1 heterocycles. The highest BCUT2D eigenvalue weighted by atomic mass is 16.5. The van der Waals surface area contributed by atoms with Crippen molar-refractivity contribution in [1.29, 1.82) is 0 Å². The van der Waals surface area contributed by atoms with Gasteiger partial charge in [0, 0.05) is 12.1 Å². The van der Waals surface area contributed by atoms with Gasteiger partial charge in [-0.15, -0.1) is 0 Å². The standard InChI is InChI=1S/C13H15N3O3/c1-3-19-13(17)11-8-12(14)16(15-11)9-5-4-6-10(7-9)18-2/h4-8H,3,14H2,1-2H3. The van der Waals surface area contributed by atoms with Crippen molar-refractivity contribution >= 4 is 11.8 Å². The molecule has 0 saturated carbocycles. The highest BCUT2D eigenvalue weighted by Gasteiger charge is 2.14. The lowest BCUT2D eigenvalue weighted by molar-refractivity contribution is 0.0519. The van der Waals surface area contributed by atoms with Crippen LogP contribution in [0.1, 0.15) is 17.4 Å². The Morgan fingerprint density at radius 2 is 2.21 bits per heavy atom. The van der Waals surface area contributed by atoms with E-state index in [9.17, 15) is 4.79 Å². The SMILES string of the molecule is CCOC(=O)c1cc(N)n(-c2cccc(OC)c2)n1. The van der Waals surface area contributed by atoms with Crippen LogP contribution in [0.2, 0.25) is 0 Å². The minimum atomic E-state index is -0.490. The first-order valence-corrected chi connectivity index (χ1v) is 5.82. The highest BCUT2D eigenvalue weighted by molar-refractivity contribution is 5.88. The summed E-state index contributed by atoms with van der Waals surface area (Å²) in [7, 11) is 1.58. The van der Waals surface area contributed by atoms with E-state index in [1.54, 1.807) is 20.1 Å². The molecule has 0 bridgehead atoms. The number of anilines is 1. The second-order valence-electron chi connectivity index (χ2n) is 3.79. The van der Waals surface area contributed by atoms with Gasteiger partial charge in [-0.3, -0.25) is 0 Å². The number of rotatable bonds is 4. The number of nitrogens with two attached hydrogens (primary N) is 1. The molecule has 6 heteroatoms. The van der Waals surface area contributed by atoms with Gasteiger partial charge in [0.2, 0.25) is 0 Å². The zero-order chi connectivity index (χ0) is 13.8. The van der Waals surface area contributed by atoms with Crippen LogP contribution in [-0.4, -0.2) is 29.5 Å². The van der Waals surface area contributed by atoms with Crippen molar-refractivity contribution < 1.29 is 14.3 Å². The molecule has 100 valence electrons. The molecule has 0 amide bonds. The number of hydrogen-bond donors (Lipinski definition) is 1. The molecule has 0 saturated heterocycles. The van der Waals surface area contributed by atoms with Crippen molar-refractivity contribution in [2.45, 2.75) is 6.92 Å². The molecule has 2 rings (SSSR count). The van der Waals surface area contributed by atoms with Gasteiger partial charge in [-0.25, -0.2) is 9.48 Å². The minimum absolute atomic E-state index is 0.183.